The zero-order valence-corrected chi connectivity index (χ0v) is 16.7. The van der Waals surface area contributed by atoms with Gasteiger partial charge in [0.25, 0.3) is 0 Å². The lowest BCUT2D eigenvalue weighted by molar-refractivity contribution is 0.109. The van der Waals surface area contributed by atoms with Crippen LogP contribution < -0.4 is 5.32 Å². The van der Waals surface area contributed by atoms with Crippen LogP contribution in [-0.4, -0.2) is 52.1 Å². The Kier molecular flexibility index (Phi) is 5.10. The van der Waals surface area contributed by atoms with Crippen molar-refractivity contribution in [3.8, 4) is 0 Å². The van der Waals surface area contributed by atoms with E-state index < -0.39 is 0 Å². The fourth-order valence-corrected chi connectivity index (χ4v) is 5.50. The number of aliphatic hydroxyl groups is 1. The zero-order valence-electron chi connectivity index (χ0n) is 16.7. The molecular weight excluding hydrogens is 336 g/mol. The summed E-state index contributed by atoms with van der Waals surface area (Å²) in [6.45, 7) is 7.64. The summed E-state index contributed by atoms with van der Waals surface area (Å²) in [4.78, 5) is 2.43. The number of nitrogens with one attached hydrogen (secondary N) is 1. The van der Waals surface area contributed by atoms with Crippen LogP contribution in [0.15, 0.2) is 42.7 Å². The van der Waals surface area contributed by atoms with E-state index in [0.29, 0.717) is 17.8 Å². The smallest absolute Gasteiger partial charge is 0.0662 e. The van der Waals surface area contributed by atoms with E-state index in [1.54, 1.807) is 0 Å². The highest BCUT2D eigenvalue weighted by atomic mass is 16.3. The zero-order chi connectivity index (χ0) is 19.0. The van der Waals surface area contributed by atoms with Crippen LogP contribution in [0.1, 0.15) is 37.4 Å². The fourth-order valence-electron chi connectivity index (χ4n) is 5.50. The van der Waals surface area contributed by atoms with Crippen LogP contribution in [0.5, 0.6) is 0 Å². The van der Waals surface area contributed by atoms with Gasteiger partial charge in [0, 0.05) is 37.1 Å². The second kappa shape index (κ2) is 7.38. The third-order valence-electron chi connectivity index (χ3n) is 6.46. The van der Waals surface area contributed by atoms with Gasteiger partial charge in [-0.05, 0) is 48.4 Å². The highest BCUT2D eigenvalue weighted by Gasteiger charge is 2.56. The number of hydrogen-bond acceptors (Lipinski definition) is 4. The molecule has 5 heteroatoms. The Morgan fingerprint density at radius 2 is 2.07 bits per heavy atom. The minimum absolute atomic E-state index is 0.187. The average molecular weight is 369 g/mol. The summed E-state index contributed by atoms with van der Waals surface area (Å²) in [5.74, 6) is 1.56. The summed E-state index contributed by atoms with van der Waals surface area (Å²) in [5.41, 5.74) is 2.48. The van der Waals surface area contributed by atoms with E-state index >= 15 is 0 Å². The van der Waals surface area contributed by atoms with Gasteiger partial charge < -0.3 is 15.3 Å². The Hall–Kier alpha value is -1.69. The summed E-state index contributed by atoms with van der Waals surface area (Å²) in [6, 6.07) is 11.0. The second-order valence-corrected chi connectivity index (χ2v) is 8.93. The van der Waals surface area contributed by atoms with E-state index in [4.69, 9.17) is 0 Å². The van der Waals surface area contributed by atoms with Crippen molar-refractivity contribution < 1.29 is 5.11 Å². The van der Waals surface area contributed by atoms with Crippen LogP contribution >= 0.6 is 0 Å². The highest BCUT2D eigenvalue weighted by molar-refractivity contribution is 5.34. The monoisotopic (exact) mass is 368 g/mol. The van der Waals surface area contributed by atoms with Crippen LogP contribution in [0.3, 0.4) is 0 Å². The van der Waals surface area contributed by atoms with Crippen LogP contribution in [0.4, 0.5) is 0 Å². The van der Waals surface area contributed by atoms with E-state index in [0.717, 1.165) is 26.1 Å². The molecule has 2 saturated heterocycles. The van der Waals surface area contributed by atoms with Crippen molar-refractivity contribution in [3.63, 3.8) is 0 Å². The molecule has 5 nitrogen and oxygen atoms in total. The van der Waals surface area contributed by atoms with E-state index in [-0.39, 0.29) is 18.2 Å². The van der Waals surface area contributed by atoms with Crippen LogP contribution in [-0.2, 0) is 6.54 Å². The van der Waals surface area contributed by atoms with Crippen LogP contribution in [0.25, 0.3) is 0 Å². The molecule has 146 valence electrons. The molecule has 0 radical (unpaired) electrons. The van der Waals surface area contributed by atoms with Crippen molar-refractivity contribution in [2.75, 3.05) is 26.7 Å². The van der Waals surface area contributed by atoms with E-state index in [1.807, 2.05) is 23.1 Å². The van der Waals surface area contributed by atoms with Gasteiger partial charge in [-0.1, -0.05) is 38.1 Å². The van der Waals surface area contributed by atoms with Crippen molar-refractivity contribution in [1.29, 1.82) is 0 Å². The number of likely N-dealkylation sites (tertiary alicyclic amines) is 1. The predicted octanol–water partition coefficient (Wildman–Crippen LogP) is 2.53. The Balaban J connectivity index is 1.69. The Morgan fingerprint density at radius 3 is 2.78 bits per heavy atom. The van der Waals surface area contributed by atoms with Crippen LogP contribution in [0, 0.1) is 17.8 Å². The first-order chi connectivity index (χ1) is 13.0. The lowest BCUT2D eigenvalue weighted by atomic mass is 9.76. The molecule has 4 atom stereocenters. The van der Waals surface area contributed by atoms with Gasteiger partial charge in [-0.25, -0.2) is 0 Å². The number of rotatable bonds is 6. The minimum Gasteiger partial charge on any atom is -0.394 e. The highest BCUT2D eigenvalue weighted by Crippen LogP contribution is 2.49. The number of benzene rings is 1. The number of fused-ring (bicyclic) bond motifs is 1. The molecule has 2 aromatic rings. The molecule has 4 rings (SSSR count). The molecule has 0 bridgehead atoms. The minimum atomic E-state index is -0.187. The number of hydrogen-bond donors (Lipinski definition) is 2. The van der Waals surface area contributed by atoms with Gasteiger partial charge in [-0.15, -0.1) is 0 Å². The largest absolute Gasteiger partial charge is 0.394 e. The Labute approximate surface area is 162 Å². The predicted molar refractivity (Wildman–Crippen MR) is 107 cm³/mol. The molecule has 0 spiro atoms. The molecule has 2 aliphatic rings. The lowest BCUT2D eigenvalue weighted by Crippen LogP contribution is -2.51. The standard InChI is InChI=1S/C22H32N4O/c1-16(2)11-22(15-27)20-14-25(3)13-19(20)21(24-22)18-8-5-4-7-17(18)12-26-10-6-9-23-26/h4-10,16,19-21,24,27H,11-15H2,1-3H3/t19-,20+,21-,22+/m0/s1. The first-order valence-electron chi connectivity index (χ1n) is 10.1. The normalized spacial score (nSPS) is 30.9. The molecule has 0 saturated carbocycles. The quantitative estimate of drug-likeness (QED) is 0.823. The maximum absolute atomic E-state index is 10.4. The molecule has 27 heavy (non-hydrogen) atoms. The Bertz CT molecular complexity index is 759. The van der Waals surface area contributed by atoms with Gasteiger partial charge in [0.05, 0.1) is 13.2 Å². The van der Waals surface area contributed by atoms with Crippen molar-refractivity contribution in [2.24, 2.45) is 17.8 Å². The summed E-state index contributed by atoms with van der Waals surface area (Å²) < 4.78 is 1.99. The van der Waals surface area contributed by atoms with Gasteiger partial charge in [0.1, 0.15) is 0 Å². The molecule has 3 heterocycles. The number of aliphatic hydroxyl groups excluding tert-OH is 1. The summed E-state index contributed by atoms with van der Waals surface area (Å²) in [6.07, 6.45) is 4.86. The Morgan fingerprint density at radius 1 is 1.26 bits per heavy atom. The van der Waals surface area contributed by atoms with Crippen molar-refractivity contribution in [1.82, 2.24) is 20.0 Å². The van der Waals surface area contributed by atoms with Gasteiger partial charge in [-0.2, -0.15) is 5.10 Å². The van der Waals surface area contributed by atoms with Gasteiger partial charge in [0.2, 0.25) is 0 Å². The average Bonchev–Trinajstić information content (AvgIpc) is 3.33. The molecular formula is C22H32N4O. The molecule has 2 fully saturated rings. The second-order valence-electron chi connectivity index (χ2n) is 8.93. The first kappa shape index (κ1) is 18.7. The number of nitrogens with zero attached hydrogens (tertiary/aromatic N) is 3. The summed E-state index contributed by atoms with van der Waals surface area (Å²) >= 11 is 0. The molecule has 2 aliphatic heterocycles. The maximum atomic E-state index is 10.4. The SMILES string of the molecule is CC(C)C[C@]1(CO)N[C@@H](c2ccccc2Cn2cccn2)[C@H]2CN(C)C[C@H]21. The van der Waals surface area contributed by atoms with Crippen molar-refractivity contribution >= 4 is 0 Å². The van der Waals surface area contributed by atoms with E-state index in [1.165, 1.54) is 11.1 Å². The molecule has 0 aliphatic carbocycles. The molecule has 2 N–H and O–H groups in total. The molecule has 0 unspecified atom stereocenters. The van der Waals surface area contributed by atoms with Crippen molar-refractivity contribution in [3.05, 3.63) is 53.9 Å². The third kappa shape index (κ3) is 3.44. The number of aromatic nitrogens is 2. The lowest BCUT2D eigenvalue weighted by Gasteiger charge is -2.36. The first-order valence-corrected chi connectivity index (χ1v) is 10.1. The molecule has 1 aromatic carbocycles. The van der Waals surface area contributed by atoms with Crippen molar-refractivity contribution in [2.45, 2.75) is 38.4 Å². The van der Waals surface area contributed by atoms with E-state index in [2.05, 4.69) is 60.5 Å². The maximum Gasteiger partial charge on any atom is 0.0662 e. The summed E-state index contributed by atoms with van der Waals surface area (Å²) in [5, 5.41) is 18.8. The fraction of sp³-hybridized carbons (Fsp3) is 0.591. The summed E-state index contributed by atoms with van der Waals surface area (Å²) in [7, 11) is 2.21. The van der Waals surface area contributed by atoms with E-state index in [9.17, 15) is 5.11 Å². The molecule has 0 amide bonds. The third-order valence-corrected chi connectivity index (χ3v) is 6.46. The van der Waals surface area contributed by atoms with Gasteiger partial charge in [-0.3, -0.25) is 4.68 Å². The van der Waals surface area contributed by atoms with Gasteiger partial charge in [0.15, 0.2) is 0 Å². The van der Waals surface area contributed by atoms with Crippen LogP contribution in [0.2, 0.25) is 0 Å². The van der Waals surface area contributed by atoms with Gasteiger partial charge >= 0.3 is 0 Å². The molecule has 1 aromatic heterocycles. The topological polar surface area (TPSA) is 53.3 Å².